The van der Waals surface area contributed by atoms with Gasteiger partial charge in [0.15, 0.2) is 0 Å². The van der Waals surface area contributed by atoms with Crippen LogP contribution in [0.2, 0.25) is 0 Å². The quantitative estimate of drug-likeness (QED) is 0.879. The van der Waals surface area contributed by atoms with Gasteiger partial charge in [-0.25, -0.2) is 0 Å². The number of rotatable bonds is 3. The maximum absolute atomic E-state index is 5.82. The van der Waals surface area contributed by atoms with Gasteiger partial charge in [-0.2, -0.15) is 0 Å². The van der Waals surface area contributed by atoms with E-state index in [0.29, 0.717) is 0 Å². The number of hydrogen-bond donors (Lipinski definition) is 1. The molecule has 98 valence electrons. The van der Waals surface area contributed by atoms with E-state index >= 15 is 0 Å². The zero-order chi connectivity index (χ0) is 13.1. The molecule has 1 aliphatic rings. The lowest BCUT2D eigenvalue weighted by molar-refractivity contribution is 0.169. The normalized spacial score (nSPS) is 17.0. The molecule has 0 aliphatic carbocycles. The van der Waals surface area contributed by atoms with Crippen molar-refractivity contribution in [3.8, 4) is 0 Å². The third-order valence-electron chi connectivity index (χ3n) is 3.56. The molecule has 0 saturated heterocycles. The third kappa shape index (κ3) is 2.59. The van der Waals surface area contributed by atoms with Crippen LogP contribution in [0.25, 0.3) is 0 Å². The fraction of sp³-hybridized carbons (Fsp3) is 0.500. The van der Waals surface area contributed by atoms with Crippen molar-refractivity contribution < 1.29 is 4.74 Å². The van der Waals surface area contributed by atoms with Crippen LogP contribution in [0.5, 0.6) is 0 Å². The van der Waals surface area contributed by atoms with Gasteiger partial charge in [-0.1, -0.05) is 17.7 Å². The van der Waals surface area contributed by atoms with Crippen molar-refractivity contribution in [3.63, 3.8) is 0 Å². The molecule has 18 heavy (non-hydrogen) atoms. The minimum Gasteiger partial charge on any atom is -0.496 e. The molecule has 1 N–H and O–H groups in total. The lowest BCUT2D eigenvalue weighted by atomic mass is 9.92. The number of ether oxygens (including phenoxy) is 1. The molecular weight excluding hydrogens is 222 g/mol. The second-order valence-electron chi connectivity index (χ2n) is 5.13. The van der Waals surface area contributed by atoms with Gasteiger partial charge >= 0.3 is 0 Å². The van der Waals surface area contributed by atoms with Crippen molar-refractivity contribution in [3.05, 3.63) is 46.2 Å². The summed E-state index contributed by atoms with van der Waals surface area (Å²) >= 11 is 0. The smallest absolute Gasteiger partial charge is 0.113 e. The van der Waals surface area contributed by atoms with Gasteiger partial charge in [-0.05, 0) is 63.4 Å². The first-order valence-corrected chi connectivity index (χ1v) is 6.71. The summed E-state index contributed by atoms with van der Waals surface area (Å²) in [5.74, 6) is 1.08. The van der Waals surface area contributed by atoms with Crippen LogP contribution in [0.1, 0.15) is 41.1 Å². The molecule has 1 heterocycles. The Labute approximate surface area is 110 Å². The van der Waals surface area contributed by atoms with Gasteiger partial charge < -0.3 is 10.1 Å². The highest BCUT2D eigenvalue weighted by Gasteiger charge is 2.21. The average Bonchev–Trinajstić information content (AvgIpc) is 2.34. The fourth-order valence-corrected chi connectivity index (χ4v) is 2.85. The van der Waals surface area contributed by atoms with Crippen LogP contribution in [0, 0.1) is 20.8 Å². The van der Waals surface area contributed by atoms with Crippen LogP contribution >= 0.6 is 0 Å². The molecular formula is C16H23NO. The molecule has 0 radical (unpaired) electrons. The molecule has 1 aromatic carbocycles. The van der Waals surface area contributed by atoms with Crippen LogP contribution < -0.4 is 5.32 Å². The first kappa shape index (κ1) is 13.2. The number of likely N-dealkylation sites (N-methyl/N-ethyl adjacent to an activating group) is 1. The Morgan fingerprint density at radius 1 is 1.17 bits per heavy atom. The van der Waals surface area contributed by atoms with Crippen molar-refractivity contribution in [1.82, 2.24) is 5.32 Å². The molecule has 1 aliphatic heterocycles. The SMILES string of the molecule is CNC(C1=CCCCO1)c1c(C)cc(C)cc1C. The van der Waals surface area contributed by atoms with Crippen LogP contribution in [0.3, 0.4) is 0 Å². The monoisotopic (exact) mass is 245 g/mol. The summed E-state index contributed by atoms with van der Waals surface area (Å²) in [6.07, 6.45) is 4.48. The molecule has 0 amide bonds. The Bertz CT molecular complexity index is 439. The molecule has 2 heteroatoms. The highest BCUT2D eigenvalue weighted by Crippen LogP contribution is 2.30. The summed E-state index contributed by atoms with van der Waals surface area (Å²) < 4.78 is 5.82. The van der Waals surface area contributed by atoms with Gasteiger partial charge in [-0.3, -0.25) is 0 Å². The molecule has 0 aromatic heterocycles. The van der Waals surface area contributed by atoms with Crippen LogP contribution in [0.15, 0.2) is 24.0 Å². The van der Waals surface area contributed by atoms with Crippen molar-refractivity contribution in [2.45, 2.75) is 39.7 Å². The Morgan fingerprint density at radius 2 is 1.83 bits per heavy atom. The van der Waals surface area contributed by atoms with Gasteiger partial charge in [0, 0.05) is 0 Å². The molecule has 2 nitrogen and oxygen atoms in total. The summed E-state index contributed by atoms with van der Waals surface area (Å²) in [5.41, 5.74) is 5.35. The summed E-state index contributed by atoms with van der Waals surface area (Å²) in [7, 11) is 2.00. The van der Waals surface area contributed by atoms with Crippen molar-refractivity contribution in [1.29, 1.82) is 0 Å². The molecule has 0 spiro atoms. The summed E-state index contributed by atoms with van der Waals surface area (Å²) in [5, 5.41) is 3.40. The van der Waals surface area contributed by atoms with E-state index in [4.69, 9.17) is 4.74 Å². The molecule has 1 atom stereocenters. The average molecular weight is 245 g/mol. The molecule has 0 saturated carbocycles. The highest BCUT2D eigenvalue weighted by atomic mass is 16.5. The number of aryl methyl sites for hydroxylation is 3. The molecule has 0 bridgehead atoms. The van der Waals surface area contributed by atoms with E-state index in [0.717, 1.165) is 25.2 Å². The van der Waals surface area contributed by atoms with Gasteiger partial charge in [-0.15, -0.1) is 0 Å². The van der Waals surface area contributed by atoms with Crippen molar-refractivity contribution >= 4 is 0 Å². The predicted octanol–water partition coefficient (Wildman–Crippen LogP) is 3.57. The van der Waals surface area contributed by atoms with E-state index in [2.05, 4.69) is 44.3 Å². The first-order valence-electron chi connectivity index (χ1n) is 6.71. The fourth-order valence-electron chi connectivity index (χ4n) is 2.85. The Kier molecular flexibility index (Phi) is 4.07. The lowest BCUT2D eigenvalue weighted by Gasteiger charge is -2.26. The Hall–Kier alpha value is -1.28. The number of allylic oxidation sites excluding steroid dienone is 1. The highest BCUT2D eigenvalue weighted by molar-refractivity contribution is 5.42. The van der Waals surface area contributed by atoms with Crippen molar-refractivity contribution in [2.24, 2.45) is 0 Å². The van der Waals surface area contributed by atoms with E-state index in [-0.39, 0.29) is 6.04 Å². The zero-order valence-corrected chi connectivity index (χ0v) is 11.8. The summed E-state index contributed by atoms with van der Waals surface area (Å²) in [6.45, 7) is 7.36. The van der Waals surface area contributed by atoms with Gasteiger partial charge in [0.2, 0.25) is 0 Å². The van der Waals surface area contributed by atoms with Gasteiger partial charge in [0.1, 0.15) is 5.76 Å². The molecule has 1 unspecified atom stereocenters. The number of nitrogens with one attached hydrogen (secondary N) is 1. The topological polar surface area (TPSA) is 21.3 Å². The van der Waals surface area contributed by atoms with E-state index in [9.17, 15) is 0 Å². The predicted molar refractivity (Wildman–Crippen MR) is 75.7 cm³/mol. The van der Waals surface area contributed by atoms with E-state index < -0.39 is 0 Å². The molecule has 1 aromatic rings. The second kappa shape index (κ2) is 5.57. The number of benzene rings is 1. The molecule has 2 rings (SSSR count). The standard InChI is InChI=1S/C16H23NO/c1-11-9-12(2)15(13(3)10-11)16(17-4)14-7-5-6-8-18-14/h7,9-10,16-17H,5-6,8H2,1-4H3. The largest absolute Gasteiger partial charge is 0.496 e. The Balaban J connectivity index is 2.41. The van der Waals surface area contributed by atoms with Crippen LogP contribution in [-0.2, 0) is 4.74 Å². The minimum atomic E-state index is 0.186. The van der Waals surface area contributed by atoms with E-state index in [1.165, 1.54) is 22.3 Å². The maximum Gasteiger partial charge on any atom is 0.113 e. The summed E-state index contributed by atoms with van der Waals surface area (Å²) in [6, 6.07) is 4.68. The second-order valence-corrected chi connectivity index (χ2v) is 5.13. The third-order valence-corrected chi connectivity index (χ3v) is 3.56. The minimum absolute atomic E-state index is 0.186. The first-order chi connectivity index (χ1) is 8.63. The van der Waals surface area contributed by atoms with Gasteiger partial charge in [0.05, 0.1) is 12.6 Å². The lowest BCUT2D eigenvalue weighted by Crippen LogP contribution is -2.23. The van der Waals surface area contributed by atoms with E-state index in [1.807, 2.05) is 7.05 Å². The van der Waals surface area contributed by atoms with E-state index in [1.54, 1.807) is 0 Å². The van der Waals surface area contributed by atoms with Crippen LogP contribution in [0.4, 0.5) is 0 Å². The van der Waals surface area contributed by atoms with Gasteiger partial charge in [0.25, 0.3) is 0 Å². The summed E-state index contributed by atoms with van der Waals surface area (Å²) in [4.78, 5) is 0. The number of hydrogen-bond acceptors (Lipinski definition) is 2. The maximum atomic E-state index is 5.82. The van der Waals surface area contributed by atoms with Crippen molar-refractivity contribution in [2.75, 3.05) is 13.7 Å². The zero-order valence-electron chi connectivity index (χ0n) is 11.8. The van der Waals surface area contributed by atoms with Crippen LogP contribution in [-0.4, -0.2) is 13.7 Å². The Morgan fingerprint density at radius 3 is 2.33 bits per heavy atom. The molecule has 0 fully saturated rings.